The number of hydrogen-bond donors (Lipinski definition) is 2. The molecule has 0 aromatic carbocycles. The Hall–Kier alpha value is 0.980. The predicted molar refractivity (Wildman–Crippen MR) is 44.9 cm³/mol. The van der Waals surface area contributed by atoms with Crippen molar-refractivity contribution >= 4 is 38.2 Å². The third kappa shape index (κ3) is 3.95. The van der Waals surface area contributed by atoms with E-state index in [9.17, 15) is 4.57 Å². The quantitative estimate of drug-likeness (QED) is 0.464. The predicted octanol–water partition coefficient (Wildman–Crippen LogP) is -0.182. The Morgan fingerprint density at radius 1 is 1.45 bits per heavy atom. The molecule has 1 aliphatic rings. The first kappa shape index (κ1) is 12.0. The van der Waals surface area contributed by atoms with Crippen molar-refractivity contribution < 1.29 is 9.09 Å². The third-order valence-corrected chi connectivity index (χ3v) is 2.02. The second kappa shape index (κ2) is 5.60. The van der Waals surface area contributed by atoms with Crippen LogP contribution in [0.5, 0.6) is 0 Å². The Kier molecular flexibility index (Phi) is 6.09. The molecule has 11 heavy (non-hydrogen) atoms. The maximum atomic E-state index is 10.1. The zero-order valence-corrected chi connectivity index (χ0v) is 9.94. The summed E-state index contributed by atoms with van der Waals surface area (Å²) in [6.45, 7) is 3.65. The van der Waals surface area contributed by atoms with Crippen LogP contribution in [0.15, 0.2) is 0 Å². The molecule has 0 aromatic heterocycles. The molecular weight excluding hydrogens is 174 g/mol. The molecule has 0 amide bonds. The fraction of sp³-hybridized carbons (Fsp3) is 1.00. The molecule has 2 N–H and O–H groups in total. The fourth-order valence-corrected chi connectivity index (χ4v) is 1.27. The van der Waals surface area contributed by atoms with Gasteiger partial charge in [-0.2, -0.15) is 0 Å². The normalized spacial score (nSPS) is 22.6. The standard InChI is InChI=1S/C5H12N2O2P.Na/c1-5(9-10-8)6-3-2-4-7-5;/h6-7,10H,2-4H2,1H3;/q+1;. The molecular formula is C5H12N2NaO2P+. The van der Waals surface area contributed by atoms with Crippen molar-refractivity contribution in [3.05, 3.63) is 0 Å². The van der Waals surface area contributed by atoms with Crippen LogP contribution < -0.4 is 10.6 Å². The van der Waals surface area contributed by atoms with Gasteiger partial charge in [0.2, 0.25) is 5.85 Å². The van der Waals surface area contributed by atoms with Crippen LogP contribution in [-0.2, 0) is 9.09 Å². The summed E-state index contributed by atoms with van der Waals surface area (Å²) in [4.78, 5) is 0. The molecule has 0 bridgehead atoms. The van der Waals surface area contributed by atoms with Crippen molar-refractivity contribution in [3.63, 3.8) is 0 Å². The van der Waals surface area contributed by atoms with Gasteiger partial charge >= 0.3 is 8.69 Å². The molecule has 0 spiro atoms. The summed E-state index contributed by atoms with van der Waals surface area (Å²) in [5.41, 5.74) is 0. The van der Waals surface area contributed by atoms with Gasteiger partial charge in [-0.3, -0.25) is 10.6 Å². The summed E-state index contributed by atoms with van der Waals surface area (Å²) in [6.07, 6.45) is 1.08. The van der Waals surface area contributed by atoms with E-state index in [0.717, 1.165) is 19.5 Å². The molecule has 4 nitrogen and oxygen atoms in total. The van der Waals surface area contributed by atoms with Crippen LogP contribution in [0.3, 0.4) is 0 Å². The average Bonchev–Trinajstić information content (AvgIpc) is 1.89. The Labute approximate surface area is 90.0 Å². The Morgan fingerprint density at radius 2 is 2.00 bits per heavy atom. The zero-order chi connectivity index (χ0) is 7.45. The monoisotopic (exact) mass is 186 g/mol. The van der Waals surface area contributed by atoms with Gasteiger partial charge in [-0.15, -0.1) is 4.52 Å². The number of hydrogen-bond acceptors (Lipinski definition) is 4. The van der Waals surface area contributed by atoms with E-state index >= 15 is 0 Å². The van der Waals surface area contributed by atoms with Gasteiger partial charge in [0.15, 0.2) is 0 Å². The third-order valence-electron chi connectivity index (χ3n) is 1.52. The number of nitrogens with one attached hydrogen (secondary N) is 2. The summed E-state index contributed by atoms with van der Waals surface area (Å²) in [7, 11) is -0.715. The summed E-state index contributed by atoms with van der Waals surface area (Å²) >= 11 is 0. The molecule has 0 saturated carbocycles. The van der Waals surface area contributed by atoms with Crippen LogP contribution in [0.1, 0.15) is 13.3 Å². The maximum Gasteiger partial charge on any atom is 0.497 e. The first-order valence-electron chi connectivity index (χ1n) is 3.32. The summed E-state index contributed by atoms with van der Waals surface area (Å²) < 4.78 is 15.0. The van der Waals surface area contributed by atoms with Gasteiger partial charge in [0.05, 0.1) is 0 Å². The number of rotatable bonds is 2. The fourth-order valence-electron chi connectivity index (χ4n) is 0.960. The van der Waals surface area contributed by atoms with E-state index in [-0.39, 0.29) is 29.6 Å². The molecule has 1 saturated heterocycles. The molecule has 59 valence electrons. The molecule has 1 fully saturated rings. The SMILES string of the molecule is CC1(O[PH+]=O)NCCCN1.[Na]. The molecule has 1 heterocycles. The van der Waals surface area contributed by atoms with Gasteiger partial charge in [0.1, 0.15) is 0 Å². The average molecular weight is 186 g/mol. The minimum absolute atomic E-state index is 0. The van der Waals surface area contributed by atoms with Gasteiger partial charge in [0.25, 0.3) is 0 Å². The van der Waals surface area contributed by atoms with E-state index < -0.39 is 14.5 Å². The molecule has 1 aliphatic heterocycles. The van der Waals surface area contributed by atoms with Crippen molar-refractivity contribution in [2.75, 3.05) is 13.1 Å². The van der Waals surface area contributed by atoms with E-state index in [1.807, 2.05) is 6.92 Å². The molecule has 0 aliphatic carbocycles. The molecule has 0 aromatic rings. The summed E-state index contributed by atoms with van der Waals surface area (Å²) in [5, 5.41) is 6.14. The largest absolute Gasteiger partial charge is 0.497 e. The summed E-state index contributed by atoms with van der Waals surface area (Å²) in [6, 6.07) is 0. The van der Waals surface area contributed by atoms with Gasteiger partial charge in [-0.1, -0.05) is 0 Å². The Bertz CT molecular complexity index is 130. The second-order valence-electron chi connectivity index (χ2n) is 2.43. The van der Waals surface area contributed by atoms with Gasteiger partial charge in [-0.25, -0.2) is 0 Å². The maximum absolute atomic E-state index is 10.1. The van der Waals surface area contributed by atoms with Gasteiger partial charge in [0, 0.05) is 42.6 Å². The van der Waals surface area contributed by atoms with E-state index in [1.165, 1.54) is 0 Å². The van der Waals surface area contributed by atoms with E-state index in [4.69, 9.17) is 4.52 Å². The van der Waals surface area contributed by atoms with E-state index in [1.54, 1.807) is 0 Å². The smallest absolute Gasteiger partial charge is 0.273 e. The van der Waals surface area contributed by atoms with Crippen LogP contribution in [0, 0.1) is 0 Å². The minimum atomic E-state index is -0.715. The van der Waals surface area contributed by atoms with Gasteiger partial charge < -0.3 is 0 Å². The van der Waals surface area contributed by atoms with E-state index in [2.05, 4.69) is 10.6 Å². The molecule has 6 heteroatoms. The molecule has 1 atom stereocenters. The van der Waals surface area contributed by atoms with E-state index in [0.29, 0.717) is 0 Å². The Morgan fingerprint density at radius 3 is 2.45 bits per heavy atom. The molecule has 1 radical (unpaired) electrons. The van der Waals surface area contributed by atoms with Crippen molar-refractivity contribution in [2.24, 2.45) is 0 Å². The van der Waals surface area contributed by atoms with Gasteiger partial charge in [-0.05, 0) is 17.9 Å². The van der Waals surface area contributed by atoms with Crippen LogP contribution in [-0.4, -0.2) is 48.5 Å². The van der Waals surface area contributed by atoms with Crippen LogP contribution >= 0.6 is 8.69 Å². The minimum Gasteiger partial charge on any atom is -0.273 e. The zero-order valence-electron chi connectivity index (χ0n) is 6.94. The topological polar surface area (TPSA) is 50.4 Å². The molecule has 1 unspecified atom stereocenters. The van der Waals surface area contributed by atoms with Crippen molar-refractivity contribution in [2.45, 2.75) is 19.2 Å². The van der Waals surface area contributed by atoms with Crippen molar-refractivity contribution in [3.8, 4) is 0 Å². The van der Waals surface area contributed by atoms with Crippen molar-refractivity contribution in [1.82, 2.24) is 10.6 Å². The van der Waals surface area contributed by atoms with Crippen LogP contribution in [0.25, 0.3) is 0 Å². The second-order valence-corrected chi connectivity index (χ2v) is 2.80. The first-order valence-corrected chi connectivity index (χ1v) is 4.14. The Balaban J connectivity index is 0.000001000. The van der Waals surface area contributed by atoms with Crippen LogP contribution in [0.2, 0.25) is 0 Å². The van der Waals surface area contributed by atoms with Crippen molar-refractivity contribution in [1.29, 1.82) is 0 Å². The molecule has 1 rings (SSSR count). The van der Waals surface area contributed by atoms with Crippen LogP contribution in [0.4, 0.5) is 0 Å². The first-order chi connectivity index (χ1) is 4.77. The summed E-state index contributed by atoms with van der Waals surface area (Å²) in [5.74, 6) is -0.571.